The first-order valence-corrected chi connectivity index (χ1v) is 14.0. The van der Waals surface area contributed by atoms with E-state index in [1.165, 1.54) is 30.5 Å². The lowest BCUT2D eigenvalue weighted by molar-refractivity contribution is -0.952. The zero-order chi connectivity index (χ0) is 24.8. The third-order valence-electron chi connectivity index (χ3n) is 12.6. The maximum Gasteiger partial charge on any atom is 0.165 e. The van der Waals surface area contributed by atoms with Crippen molar-refractivity contribution in [1.82, 2.24) is 0 Å². The fourth-order valence-corrected chi connectivity index (χ4v) is 10.3. The van der Waals surface area contributed by atoms with Crippen LogP contribution in [0.3, 0.4) is 0 Å². The minimum absolute atomic E-state index is 0.0279. The number of phenolic OH excluding ortho intramolecular Hbond substituents is 1. The molecule has 1 aromatic rings. The lowest BCUT2D eigenvalue weighted by atomic mass is 9.33. The number of piperidine rings is 1. The van der Waals surface area contributed by atoms with E-state index in [1.54, 1.807) is 0 Å². The standard InChI is InChI=1S/C30H43NO4/c1-26(2,3)27(4,33)21-16-28-11-12-30(21,34-6)25-29(28)13-14-31(5,17-18-7-8-18)22(28)15-19-9-10-20(32)24(35-25)23(19)29/h9-10,18,21-22,25,33H,7-8,11-17H2,1-6H3/p+1/t21-,22+,25-,27?,28?,29-,30-,31+/m0/s1. The van der Waals surface area contributed by atoms with Crippen molar-refractivity contribution in [2.24, 2.45) is 22.7 Å². The van der Waals surface area contributed by atoms with Gasteiger partial charge in [-0.05, 0) is 56.1 Å². The molecule has 0 radical (unpaired) electrons. The van der Waals surface area contributed by atoms with Crippen molar-refractivity contribution >= 4 is 0 Å². The van der Waals surface area contributed by atoms with E-state index in [4.69, 9.17) is 9.47 Å². The molecule has 2 aliphatic heterocycles. The van der Waals surface area contributed by atoms with E-state index in [-0.39, 0.29) is 34.0 Å². The van der Waals surface area contributed by atoms with E-state index >= 15 is 0 Å². The first-order chi connectivity index (χ1) is 16.4. The number of likely N-dealkylation sites (N-methyl/N-ethyl adjacent to an activating group) is 1. The number of likely N-dealkylation sites (tertiary alicyclic amines) is 1. The summed E-state index contributed by atoms with van der Waals surface area (Å²) in [6, 6.07) is 4.55. The molecule has 5 nitrogen and oxygen atoms in total. The van der Waals surface area contributed by atoms with Crippen LogP contribution in [0, 0.1) is 22.7 Å². The smallest absolute Gasteiger partial charge is 0.165 e. The summed E-state index contributed by atoms with van der Waals surface area (Å²) < 4.78 is 14.7. The van der Waals surface area contributed by atoms with Crippen molar-refractivity contribution in [2.75, 3.05) is 27.2 Å². The van der Waals surface area contributed by atoms with Crippen LogP contribution in [0.5, 0.6) is 11.5 Å². The highest BCUT2D eigenvalue weighted by Gasteiger charge is 2.84. The summed E-state index contributed by atoms with van der Waals surface area (Å²) in [6.45, 7) is 11.0. The summed E-state index contributed by atoms with van der Waals surface area (Å²) in [5, 5.41) is 23.3. The normalized spacial score (nSPS) is 46.7. The van der Waals surface area contributed by atoms with Crippen molar-refractivity contribution in [3.05, 3.63) is 23.3 Å². The van der Waals surface area contributed by atoms with Gasteiger partial charge in [-0.25, -0.2) is 0 Å². The van der Waals surface area contributed by atoms with Gasteiger partial charge in [-0.1, -0.05) is 26.8 Å². The average Bonchev–Trinajstić information content (AvgIpc) is 3.52. The molecule has 5 fully saturated rings. The van der Waals surface area contributed by atoms with Gasteiger partial charge in [0.05, 0.1) is 37.2 Å². The molecule has 35 heavy (non-hydrogen) atoms. The first kappa shape index (κ1) is 22.9. The van der Waals surface area contributed by atoms with Gasteiger partial charge in [0.25, 0.3) is 0 Å². The molecule has 4 bridgehead atoms. The Morgan fingerprint density at radius 1 is 1.14 bits per heavy atom. The highest BCUT2D eigenvalue weighted by molar-refractivity contribution is 5.63. The molecular formula is C30H44NO4+. The van der Waals surface area contributed by atoms with Crippen LogP contribution in [-0.2, 0) is 16.6 Å². The van der Waals surface area contributed by atoms with Gasteiger partial charge in [0.15, 0.2) is 11.5 Å². The Morgan fingerprint density at radius 3 is 2.54 bits per heavy atom. The average molecular weight is 483 g/mol. The number of phenols is 1. The van der Waals surface area contributed by atoms with Crippen molar-refractivity contribution in [3.8, 4) is 11.5 Å². The highest BCUT2D eigenvalue weighted by Crippen LogP contribution is 2.78. The van der Waals surface area contributed by atoms with Crippen LogP contribution in [0.1, 0.15) is 77.3 Å². The molecule has 5 heteroatoms. The Hall–Kier alpha value is -1.30. The van der Waals surface area contributed by atoms with Crippen molar-refractivity contribution in [2.45, 2.75) is 101 Å². The molecule has 2 N–H and O–H groups in total. The fraction of sp³-hybridized carbons (Fsp3) is 0.800. The Kier molecular flexibility index (Phi) is 4.18. The quantitative estimate of drug-likeness (QED) is 0.618. The van der Waals surface area contributed by atoms with Crippen molar-refractivity contribution < 1.29 is 24.2 Å². The number of fused-ring (bicyclic) bond motifs is 2. The zero-order valence-corrected chi connectivity index (χ0v) is 22.5. The predicted molar refractivity (Wildman–Crippen MR) is 135 cm³/mol. The van der Waals surface area contributed by atoms with Gasteiger partial charge in [-0.15, -0.1) is 0 Å². The summed E-state index contributed by atoms with van der Waals surface area (Å²) in [7, 11) is 4.37. The van der Waals surface area contributed by atoms with Gasteiger partial charge in [0, 0.05) is 42.8 Å². The number of quaternary nitrogens is 1. The highest BCUT2D eigenvalue weighted by atomic mass is 16.6. The summed E-state index contributed by atoms with van der Waals surface area (Å²) >= 11 is 0. The molecule has 4 saturated carbocycles. The van der Waals surface area contributed by atoms with E-state index in [2.05, 4.69) is 33.9 Å². The molecule has 2 heterocycles. The fourth-order valence-electron chi connectivity index (χ4n) is 10.3. The largest absolute Gasteiger partial charge is 0.504 e. The lowest BCUT2D eigenvalue weighted by Crippen LogP contribution is -2.85. The Balaban J connectivity index is 1.50. The minimum Gasteiger partial charge on any atom is -0.504 e. The topological polar surface area (TPSA) is 58.9 Å². The Morgan fingerprint density at radius 2 is 1.89 bits per heavy atom. The molecule has 8 atom stereocenters. The third kappa shape index (κ3) is 2.38. The predicted octanol–water partition coefficient (Wildman–Crippen LogP) is 4.56. The molecule has 7 aliphatic rings. The first-order valence-electron chi connectivity index (χ1n) is 14.0. The molecule has 8 rings (SSSR count). The van der Waals surface area contributed by atoms with E-state index in [9.17, 15) is 10.2 Å². The summed E-state index contributed by atoms with van der Waals surface area (Å²) in [5.74, 6) is 1.83. The number of hydrogen-bond acceptors (Lipinski definition) is 4. The van der Waals surface area contributed by atoms with E-state index in [0.29, 0.717) is 11.8 Å². The van der Waals surface area contributed by atoms with Crippen LogP contribution in [0.15, 0.2) is 12.1 Å². The second kappa shape index (κ2) is 6.39. The van der Waals surface area contributed by atoms with Crippen LogP contribution < -0.4 is 4.74 Å². The van der Waals surface area contributed by atoms with Gasteiger partial charge < -0.3 is 24.2 Å². The van der Waals surface area contributed by atoms with Crippen LogP contribution in [-0.4, -0.2) is 65.3 Å². The number of hydrogen-bond donors (Lipinski definition) is 2. The van der Waals surface area contributed by atoms with Gasteiger partial charge in [-0.3, -0.25) is 0 Å². The molecule has 2 unspecified atom stereocenters. The van der Waals surface area contributed by atoms with E-state index in [0.717, 1.165) is 49.0 Å². The molecule has 192 valence electrons. The Bertz CT molecular complexity index is 1100. The zero-order valence-electron chi connectivity index (χ0n) is 22.5. The third-order valence-corrected chi connectivity index (χ3v) is 12.6. The van der Waals surface area contributed by atoms with Crippen LogP contribution in [0.4, 0.5) is 0 Å². The molecule has 0 amide bonds. The number of ether oxygens (including phenoxy) is 2. The molecule has 1 aromatic carbocycles. The summed E-state index contributed by atoms with van der Waals surface area (Å²) in [4.78, 5) is 0. The molecule has 2 spiro atoms. The SMILES string of the molecule is CO[C@@]12CCC3(C[C@H]1C(C)(O)C(C)(C)C)[C@H]1Cc4ccc(O)c5c4[C@@]3(CC[N@+]1(C)CC1CC1)[C@@H]2O5. The maximum atomic E-state index is 12.3. The maximum absolute atomic E-state index is 12.3. The molecular weight excluding hydrogens is 438 g/mol. The Labute approximate surface area is 210 Å². The second-order valence-electron chi connectivity index (χ2n) is 14.7. The summed E-state index contributed by atoms with van der Waals surface area (Å²) in [5.41, 5.74) is 0.817. The van der Waals surface area contributed by atoms with Gasteiger partial charge in [0.2, 0.25) is 0 Å². The molecule has 0 aromatic heterocycles. The number of benzene rings is 1. The van der Waals surface area contributed by atoms with E-state index in [1.807, 2.05) is 20.1 Å². The van der Waals surface area contributed by atoms with Crippen molar-refractivity contribution in [1.29, 1.82) is 0 Å². The van der Waals surface area contributed by atoms with Crippen LogP contribution >= 0.6 is 0 Å². The van der Waals surface area contributed by atoms with Crippen LogP contribution in [0.2, 0.25) is 0 Å². The second-order valence-corrected chi connectivity index (χ2v) is 14.7. The van der Waals surface area contributed by atoms with Crippen molar-refractivity contribution in [3.63, 3.8) is 0 Å². The molecule has 1 saturated heterocycles. The monoisotopic (exact) mass is 482 g/mol. The number of nitrogens with zero attached hydrogens (tertiary/aromatic N) is 1. The summed E-state index contributed by atoms with van der Waals surface area (Å²) in [6.07, 6.45) is 7.74. The van der Waals surface area contributed by atoms with Gasteiger partial charge >= 0.3 is 0 Å². The minimum atomic E-state index is -0.910. The van der Waals surface area contributed by atoms with E-state index < -0.39 is 11.2 Å². The number of rotatable bonds is 4. The van der Waals surface area contributed by atoms with Gasteiger partial charge in [-0.2, -0.15) is 0 Å². The number of methoxy groups -OCH3 is 1. The van der Waals surface area contributed by atoms with Gasteiger partial charge in [0.1, 0.15) is 11.7 Å². The van der Waals surface area contributed by atoms with Crippen LogP contribution in [0.25, 0.3) is 0 Å². The number of aliphatic hydroxyl groups is 1. The molecule has 5 aliphatic carbocycles. The lowest BCUT2D eigenvalue weighted by Gasteiger charge is -2.75. The number of aromatic hydroxyl groups is 1.